The molecule has 0 spiro atoms. The molecule has 3 aromatic rings. The van der Waals surface area contributed by atoms with E-state index in [9.17, 15) is 24.3 Å². The van der Waals surface area contributed by atoms with E-state index >= 15 is 0 Å². The summed E-state index contributed by atoms with van der Waals surface area (Å²) in [5.74, 6) is -4.36. The summed E-state index contributed by atoms with van der Waals surface area (Å²) in [5, 5.41) is 12.4. The van der Waals surface area contributed by atoms with E-state index in [1.165, 1.54) is 37.4 Å². The van der Waals surface area contributed by atoms with Crippen molar-refractivity contribution in [1.29, 1.82) is 0 Å². The zero-order chi connectivity index (χ0) is 26.2. The first-order valence-corrected chi connectivity index (χ1v) is 10.9. The van der Waals surface area contributed by atoms with E-state index in [-0.39, 0.29) is 16.8 Å². The molecule has 0 aliphatic carbocycles. The van der Waals surface area contributed by atoms with Crippen LogP contribution in [-0.4, -0.2) is 48.2 Å². The van der Waals surface area contributed by atoms with Crippen LogP contribution in [0.2, 0.25) is 0 Å². The number of esters is 2. The molecule has 0 saturated carbocycles. The summed E-state index contributed by atoms with van der Waals surface area (Å²) in [6.07, 6.45) is -4.16. The molecule has 0 aliphatic rings. The summed E-state index contributed by atoms with van der Waals surface area (Å²) < 4.78 is 15.7. The highest BCUT2D eigenvalue weighted by molar-refractivity contribution is 6.02. The summed E-state index contributed by atoms with van der Waals surface area (Å²) >= 11 is 0. The van der Waals surface area contributed by atoms with Crippen molar-refractivity contribution in [2.24, 2.45) is 0 Å². The van der Waals surface area contributed by atoms with Gasteiger partial charge in [-0.2, -0.15) is 0 Å². The zero-order valence-electron chi connectivity index (χ0n) is 19.9. The molecule has 186 valence electrons. The maximum atomic E-state index is 13.2. The molecular weight excluding hydrogens is 466 g/mol. The van der Waals surface area contributed by atoms with Crippen LogP contribution < -0.4 is 10.1 Å². The molecule has 0 radical (unpaired) electrons. The summed E-state index contributed by atoms with van der Waals surface area (Å²) in [5.41, 5.74) is 1.87. The van der Waals surface area contributed by atoms with Crippen LogP contribution in [0.4, 0.5) is 5.69 Å². The summed E-state index contributed by atoms with van der Waals surface area (Å²) in [7, 11) is 1.39. The Labute approximate surface area is 207 Å². The van der Waals surface area contributed by atoms with Crippen LogP contribution in [0.3, 0.4) is 0 Å². The highest BCUT2D eigenvalue weighted by atomic mass is 16.6. The summed E-state index contributed by atoms with van der Waals surface area (Å²) in [6, 6.07) is 19.0. The van der Waals surface area contributed by atoms with Gasteiger partial charge >= 0.3 is 17.9 Å². The van der Waals surface area contributed by atoms with E-state index in [2.05, 4.69) is 5.32 Å². The molecule has 0 fully saturated rings. The van der Waals surface area contributed by atoms with Gasteiger partial charge < -0.3 is 24.6 Å². The Bertz CT molecular complexity index is 1290. The van der Waals surface area contributed by atoms with Gasteiger partial charge in [0.15, 0.2) is 0 Å². The Hall–Kier alpha value is -4.66. The molecule has 2 unspecified atom stereocenters. The van der Waals surface area contributed by atoms with Crippen LogP contribution in [0, 0.1) is 13.8 Å². The number of anilines is 1. The van der Waals surface area contributed by atoms with E-state index < -0.39 is 36.0 Å². The van der Waals surface area contributed by atoms with Gasteiger partial charge in [0, 0.05) is 0 Å². The number of hydrogen-bond acceptors (Lipinski definition) is 7. The fraction of sp³-hybridized carbons (Fsp3) is 0.185. The number of aryl methyl sites for hydroxylation is 2. The lowest BCUT2D eigenvalue weighted by Gasteiger charge is -2.24. The SMILES string of the molecule is COc1ccccc1NC(=O)C(OC(=O)c1cccc(C)c1)C(OC(=O)c1cccc(C)c1)C(=O)O. The topological polar surface area (TPSA) is 128 Å². The van der Waals surface area contributed by atoms with E-state index in [0.717, 1.165) is 11.1 Å². The Kier molecular flexibility index (Phi) is 8.40. The average Bonchev–Trinajstić information content (AvgIpc) is 2.86. The van der Waals surface area contributed by atoms with Gasteiger partial charge in [-0.15, -0.1) is 0 Å². The number of carboxylic acids is 1. The number of amides is 1. The first-order chi connectivity index (χ1) is 17.2. The molecule has 0 heterocycles. The molecule has 1 amide bonds. The number of ether oxygens (including phenoxy) is 3. The molecule has 2 atom stereocenters. The van der Waals surface area contributed by atoms with Gasteiger partial charge in [-0.1, -0.05) is 47.5 Å². The lowest BCUT2D eigenvalue weighted by molar-refractivity contribution is -0.157. The van der Waals surface area contributed by atoms with Crippen LogP contribution in [0.15, 0.2) is 72.8 Å². The van der Waals surface area contributed by atoms with E-state index in [0.29, 0.717) is 5.75 Å². The number of para-hydroxylation sites is 2. The van der Waals surface area contributed by atoms with Crippen molar-refractivity contribution in [3.05, 3.63) is 95.1 Å². The third-order valence-corrected chi connectivity index (χ3v) is 5.12. The Morgan fingerprint density at radius 1 is 0.750 bits per heavy atom. The molecule has 9 heteroatoms. The van der Waals surface area contributed by atoms with Gasteiger partial charge in [0.1, 0.15) is 5.75 Å². The van der Waals surface area contributed by atoms with Gasteiger partial charge in [0.2, 0.25) is 12.2 Å². The van der Waals surface area contributed by atoms with E-state index in [1.807, 2.05) is 0 Å². The first kappa shape index (κ1) is 26.0. The number of carbonyl (C=O) groups excluding carboxylic acids is 3. The highest BCUT2D eigenvalue weighted by Gasteiger charge is 2.41. The monoisotopic (exact) mass is 491 g/mol. The molecule has 36 heavy (non-hydrogen) atoms. The molecule has 2 N–H and O–H groups in total. The Balaban J connectivity index is 1.95. The van der Waals surface area contributed by atoms with Crippen molar-refractivity contribution in [2.75, 3.05) is 12.4 Å². The molecule has 0 aromatic heterocycles. The fourth-order valence-corrected chi connectivity index (χ4v) is 3.36. The quantitative estimate of drug-likeness (QED) is 0.433. The van der Waals surface area contributed by atoms with Gasteiger partial charge in [0.25, 0.3) is 5.91 Å². The number of rotatable bonds is 9. The van der Waals surface area contributed by atoms with Crippen LogP contribution >= 0.6 is 0 Å². The molecular formula is C27H25NO8. The zero-order valence-corrected chi connectivity index (χ0v) is 19.9. The standard InChI is InChI=1S/C27H25NO8/c1-16-8-6-10-18(14-16)26(32)35-22(24(29)28-20-12-4-5-13-21(20)34-3)23(25(30)31)36-27(33)19-11-7-9-17(2)15-19/h4-15,22-23H,1-3H3,(H,28,29)(H,30,31). The lowest BCUT2D eigenvalue weighted by atomic mass is 10.1. The number of carboxylic acid groups (broad SMARTS) is 1. The molecule has 3 aromatic carbocycles. The van der Waals surface area contributed by atoms with Crippen molar-refractivity contribution < 1.29 is 38.5 Å². The molecule has 0 bridgehead atoms. The number of methoxy groups -OCH3 is 1. The van der Waals surface area contributed by atoms with Gasteiger partial charge in [-0.25, -0.2) is 14.4 Å². The number of nitrogens with one attached hydrogen (secondary N) is 1. The van der Waals surface area contributed by atoms with Crippen LogP contribution in [-0.2, 0) is 19.1 Å². The summed E-state index contributed by atoms with van der Waals surface area (Å²) in [6.45, 7) is 3.50. The van der Waals surface area contributed by atoms with Crippen molar-refractivity contribution in [3.63, 3.8) is 0 Å². The second kappa shape index (κ2) is 11.7. The number of aliphatic carboxylic acids is 1. The van der Waals surface area contributed by atoms with Crippen molar-refractivity contribution in [3.8, 4) is 5.75 Å². The predicted molar refractivity (Wildman–Crippen MR) is 130 cm³/mol. The third-order valence-electron chi connectivity index (χ3n) is 5.12. The van der Waals surface area contributed by atoms with Crippen molar-refractivity contribution in [2.45, 2.75) is 26.1 Å². The number of hydrogen-bond donors (Lipinski definition) is 2. The van der Waals surface area contributed by atoms with Gasteiger partial charge in [-0.3, -0.25) is 4.79 Å². The highest BCUT2D eigenvalue weighted by Crippen LogP contribution is 2.24. The minimum absolute atomic E-state index is 0.0788. The first-order valence-electron chi connectivity index (χ1n) is 10.9. The Morgan fingerprint density at radius 3 is 1.78 bits per heavy atom. The third kappa shape index (κ3) is 6.47. The minimum atomic E-state index is -2.14. The van der Waals surface area contributed by atoms with E-state index in [4.69, 9.17) is 14.2 Å². The number of carbonyl (C=O) groups is 4. The fourth-order valence-electron chi connectivity index (χ4n) is 3.36. The van der Waals surface area contributed by atoms with E-state index in [1.54, 1.807) is 56.3 Å². The average molecular weight is 491 g/mol. The number of benzene rings is 3. The van der Waals surface area contributed by atoms with Crippen molar-refractivity contribution in [1.82, 2.24) is 0 Å². The minimum Gasteiger partial charge on any atom is -0.495 e. The smallest absolute Gasteiger partial charge is 0.349 e. The Morgan fingerprint density at radius 2 is 1.28 bits per heavy atom. The van der Waals surface area contributed by atoms with Crippen LogP contribution in [0.5, 0.6) is 5.75 Å². The normalized spacial score (nSPS) is 12.1. The van der Waals surface area contributed by atoms with Crippen molar-refractivity contribution >= 4 is 29.5 Å². The predicted octanol–water partition coefficient (Wildman–Crippen LogP) is 3.79. The largest absolute Gasteiger partial charge is 0.495 e. The van der Waals surface area contributed by atoms with Gasteiger partial charge in [-0.05, 0) is 50.2 Å². The molecule has 3 rings (SSSR count). The molecule has 0 aliphatic heterocycles. The summed E-state index contributed by atoms with van der Waals surface area (Å²) in [4.78, 5) is 51.0. The lowest BCUT2D eigenvalue weighted by Crippen LogP contribution is -2.48. The maximum absolute atomic E-state index is 13.2. The van der Waals surface area contributed by atoms with Crippen LogP contribution in [0.25, 0.3) is 0 Å². The molecule has 0 saturated heterocycles. The maximum Gasteiger partial charge on any atom is 0.349 e. The van der Waals surface area contributed by atoms with Gasteiger partial charge in [0.05, 0.1) is 23.9 Å². The molecule has 9 nitrogen and oxygen atoms in total. The second-order valence-electron chi connectivity index (χ2n) is 7.92. The second-order valence-corrected chi connectivity index (χ2v) is 7.92. The van der Waals surface area contributed by atoms with Crippen LogP contribution in [0.1, 0.15) is 31.8 Å².